The summed E-state index contributed by atoms with van der Waals surface area (Å²) in [7, 11) is 0. The predicted molar refractivity (Wildman–Crippen MR) is 93.6 cm³/mol. The number of aryl methyl sites for hydroxylation is 1. The smallest absolute Gasteiger partial charge is 0.419 e. The van der Waals surface area contributed by atoms with Gasteiger partial charge < -0.3 is 4.74 Å². The lowest BCUT2D eigenvalue weighted by Crippen LogP contribution is -2.27. The highest BCUT2D eigenvalue weighted by molar-refractivity contribution is 5.99. The van der Waals surface area contributed by atoms with Gasteiger partial charge in [0.1, 0.15) is 17.2 Å². The molecule has 0 unspecified atom stereocenters. The Morgan fingerprint density at radius 3 is 2.19 bits per heavy atom. The van der Waals surface area contributed by atoms with Gasteiger partial charge in [0.05, 0.1) is 11.2 Å². The van der Waals surface area contributed by atoms with Crippen LogP contribution in [0.15, 0.2) is 36.4 Å². The number of carbonyl (C=O) groups is 1. The molecule has 0 aliphatic rings. The van der Waals surface area contributed by atoms with Crippen molar-refractivity contribution < 1.29 is 22.7 Å². The molecule has 1 heterocycles. The molecule has 0 aliphatic carbocycles. The Kier molecular flexibility index (Phi) is 4.30. The number of carbonyl (C=O) groups excluding carboxylic acids is 1. The molecule has 0 amide bonds. The van der Waals surface area contributed by atoms with Crippen LogP contribution in [0.1, 0.15) is 26.3 Å². The minimum Gasteiger partial charge on any atom is -0.443 e. The fraction of sp³-hybridized carbons (Fsp3) is 0.250. The van der Waals surface area contributed by atoms with E-state index >= 15 is 0 Å². The lowest BCUT2D eigenvalue weighted by atomic mass is 10.1. The van der Waals surface area contributed by atoms with Crippen LogP contribution in [0.3, 0.4) is 0 Å². The number of aromatic nitrogens is 1. The zero-order valence-electron chi connectivity index (χ0n) is 14.9. The first-order valence-electron chi connectivity index (χ1n) is 8.08. The maximum absolute atomic E-state index is 14.5. The average molecular weight is 361 g/mol. The van der Waals surface area contributed by atoms with Crippen LogP contribution >= 0.6 is 0 Å². The minimum atomic E-state index is -0.873. The summed E-state index contributed by atoms with van der Waals surface area (Å²) in [6.07, 6.45) is -0.791. The van der Waals surface area contributed by atoms with Crippen molar-refractivity contribution in [3.8, 4) is 11.3 Å². The third-order valence-corrected chi connectivity index (χ3v) is 3.93. The molecule has 136 valence electrons. The fourth-order valence-electron chi connectivity index (χ4n) is 2.93. The first-order valence-corrected chi connectivity index (χ1v) is 8.08. The number of ether oxygens (including phenoxy) is 1. The van der Waals surface area contributed by atoms with Gasteiger partial charge in [-0.05, 0) is 69.2 Å². The van der Waals surface area contributed by atoms with E-state index in [0.29, 0.717) is 16.8 Å². The van der Waals surface area contributed by atoms with Crippen LogP contribution in [0.4, 0.5) is 18.0 Å². The number of hydrogen-bond donors (Lipinski definition) is 0. The van der Waals surface area contributed by atoms with Crippen molar-refractivity contribution in [2.75, 3.05) is 0 Å². The number of halogens is 3. The standard InChI is InChI=1S/C20H18F3NO2/c1-11-15-9-14(22)10-16(23)18(15)24(19(25)26-20(2,3)4)17(11)12-5-7-13(21)8-6-12/h5-10H,1-4H3. The van der Waals surface area contributed by atoms with E-state index in [2.05, 4.69) is 0 Å². The molecule has 0 saturated carbocycles. The molecule has 0 bridgehead atoms. The SMILES string of the molecule is Cc1c(-c2ccc(F)cc2)n(C(=O)OC(C)(C)C)c2c(F)cc(F)cc12. The molecule has 3 nitrogen and oxygen atoms in total. The summed E-state index contributed by atoms with van der Waals surface area (Å²) < 4.78 is 48.1. The first-order chi connectivity index (χ1) is 12.1. The molecule has 0 spiro atoms. The molecule has 0 N–H and O–H groups in total. The van der Waals surface area contributed by atoms with Crippen LogP contribution in [0.5, 0.6) is 0 Å². The number of fused-ring (bicyclic) bond motifs is 1. The van der Waals surface area contributed by atoms with Crippen molar-refractivity contribution in [1.82, 2.24) is 4.57 Å². The summed E-state index contributed by atoms with van der Waals surface area (Å²) in [5, 5.41) is 0.257. The summed E-state index contributed by atoms with van der Waals surface area (Å²) in [5.74, 6) is -2.06. The average Bonchev–Trinajstić information content (AvgIpc) is 2.80. The lowest BCUT2D eigenvalue weighted by molar-refractivity contribution is 0.0546. The molecule has 0 radical (unpaired) electrons. The summed E-state index contributed by atoms with van der Waals surface area (Å²) in [5.41, 5.74) is 0.441. The molecule has 0 aliphatic heterocycles. The zero-order chi connectivity index (χ0) is 19.2. The minimum absolute atomic E-state index is 0.0718. The van der Waals surface area contributed by atoms with E-state index in [0.717, 1.165) is 10.6 Å². The molecule has 0 saturated heterocycles. The van der Waals surface area contributed by atoms with E-state index < -0.39 is 29.1 Å². The third-order valence-electron chi connectivity index (χ3n) is 3.93. The molecule has 26 heavy (non-hydrogen) atoms. The van der Waals surface area contributed by atoms with Crippen molar-refractivity contribution >= 4 is 17.0 Å². The van der Waals surface area contributed by atoms with Gasteiger partial charge in [-0.1, -0.05) is 0 Å². The second-order valence-electron chi connectivity index (χ2n) is 7.08. The highest BCUT2D eigenvalue weighted by Gasteiger charge is 2.27. The van der Waals surface area contributed by atoms with Gasteiger partial charge in [-0.25, -0.2) is 22.5 Å². The van der Waals surface area contributed by atoms with Gasteiger partial charge >= 0.3 is 6.09 Å². The molecule has 6 heteroatoms. The van der Waals surface area contributed by atoms with E-state index in [1.807, 2.05) is 0 Å². The molecule has 0 fully saturated rings. The lowest BCUT2D eigenvalue weighted by Gasteiger charge is -2.21. The van der Waals surface area contributed by atoms with Crippen molar-refractivity contribution in [1.29, 1.82) is 0 Å². The molecule has 0 atom stereocenters. The number of nitrogens with zero attached hydrogens (tertiary/aromatic N) is 1. The summed E-state index contributed by atoms with van der Waals surface area (Å²) in [6.45, 7) is 6.73. The van der Waals surface area contributed by atoms with Gasteiger partial charge in [-0.3, -0.25) is 0 Å². The van der Waals surface area contributed by atoms with Gasteiger partial charge in [0.2, 0.25) is 0 Å². The Hall–Kier alpha value is -2.76. The Morgan fingerprint density at radius 2 is 1.62 bits per heavy atom. The number of hydrogen-bond acceptors (Lipinski definition) is 2. The number of rotatable bonds is 1. The normalized spacial score (nSPS) is 11.8. The van der Waals surface area contributed by atoms with Gasteiger partial charge in [0.25, 0.3) is 0 Å². The Labute approximate surface area is 149 Å². The molecule has 1 aromatic heterocycles. The monoisotopic (exact) mass is 361 g/mol. The van der Waals surface area contributed by atoms with Crippen LogP contribution in [-0.4, -0.2) is 16.3 Å². The highest BCUT2D eigenvalue weighted by atomic mass is 19.1. The third kappa shape index (κ3) is 3.19. The largest absolute Gasteiger partial charge is 0.443 e. The Bertz CT molecular complexity index is 999. The topological polar surface area (TPSA) is 31.2 Å². The Morgan fingerprint density at radius 1 is 1.00 bits per heavy atom. The van der Waals surface area contributed by atoms with E-state index in [9.17, 15) is 18.0 Å². The predicted octanol–water partition coefficient (Wildman–Crippen LogP) is 5.82. The summed E-state index contributed by atoms with van der Waals surface area (Å²) in [6, 6.07) is 7.32. The van der Waals surface area contributed by atoms with Crippen LogP contribution in [0, 0.1) is 24.4 Å². The van der Waals surface area contributed by atoms with Crippen LogP contribution in [0.25, 0.3) is 22.2 Å². The second kappa shape index (κ2) is 6.20. The summed E-state index contributed by atoms with van der Waals surface area (Å²) in [4.78, 5) is 12.8. The van der Waals surface area contributed by atoms with Crippen LogP contribution in [0.2, 0.25) is 0 Å². The molecular formula is C20H18F3NO2. The zero-order valence-corrected chi connectivity index (χ0v) is 14.9. The van der Waals surface area contributed by atoms with E-state index in [4.69, 9.17) is 4.74 Å². The van der Waals surface area contributed by atoms with E-state index in [1.165, 1.54) is 30.3 Å². The van der Waals surface area contributed by atoms with E-state index in [1.54, 1.807) is 27.7 Å². The fourth-order valence-corrected chi connectivity index (χ4v) is 2.93. The maximum atomic E-state index is 14.5. The molecule has 3 aromatic rings. The second-order valence-corrected chi connectivity index (χ2v) is 7.08. The molecule has 3 rings (SSSR count). The van der Waals surface area contributed by atoms with Gasteiger partial charge in [-0.2, -0.15) is 0 Å². The highest BCUT2D eigenvalue weighted by Crippen LogP contribution is 2.35. The van der Waals surface area contributed by atoms with Gasteiger partial charge in [0, 0.05) is 11.5 Å². The first kappa shape index (κ1) is 18.0. The van der Waals surface area contributed by atoms with E-state index in [-0.39, 0.29) is 10.9 Å². The van der Waals surface area contributed by atoms with Crippen molar-refractivity contribution in [3.63, 3.8) is 0 Å². The Balaban J connectivity index is 2.36. The van der Waals surface area contributed by atoms with Crippen molar-refractivity contribution in [2.24, 2.45) is 0 Å². The van der Waals surface area contributed by atoms with Gasteiger partial charge in [-0.15, -0.1) is 0 Å². The number of benzene rings is 2. The summed E-state index contributed by atoms with van der Waals surface area (Å²) >= 11 is 0. The maximum Gasteiger partial charge on any atom is 0.419 e. The molecule has 2 aromatic carbocycles. The van der Waals surface area contributed by atoms with Crippen molar-refractivity contribution in [3.05, 3.63) is 59.4 Å². The van der Waals surface area contributed by atoms with Gasteiger partial charge in [0.15, 0.2) is 5.82 Å². The molecular weight excluding hydrogens is 343 g/mol. The van der Waals surface area contributed by atoms with Crippen LogP contribution in [-0.2, 0) is 4.74 Å². The quantitative estimate of drug-likeness (QED) is 0.547. The van der Waals surface area contributed by atoms with Crippen molar-refractivity contribution in [2.45, 2.75) is 33.3 Å². The van der Waals surface area contributed by atoms with Crippen LogP contribution < -0.4 is 0 Å².